The zero-order valence-corrected chi connectivity index (χ0v) is 15.4. The number of allylic oxidation sites excluding steroid dienone is 6. The van der Waals surface area contributed by atoms with Gasteiger partial charge in [0.25, 0.3) is 0 Å². The van der Waals surface area contributed by atoms with Crippen LogP contribution in [0.5, 0.6) is 0 Å². The Morgan fingerprint density at radius 1 is 1.58 bits per heavy atom. The second-order valence-corrected chi connectivity index (χ2v) is 6.06. The number of aliphatic imine (C=N–C) groups is 1. The molecule has 2 heterocycles. The fraction of sp³-hybridized carbons (Fsp3) is 0.400. The molecule has 0 aliphatic carbocycles. The summed E-state index contributed by atoms with van der Waals surface area (Å²) in [5.74, 6) is 0.0708. The molecule has 1 fully saturated rings. The van der Waals surface area contributed by atoms with E-state index >= 15 is 0 Å². The topological polar surface area (TPSA) is 71.4 Å². The Bertz CT molecular complexity index is 686. The lowest BCUT2D eigenvalue weighted by molar-refractivity contribution is -0.147. The van der Waals surface area contributed by atoms with E-state index in [0.29, 0.717) is 26.2 Å². The van der Waals surface area contributed by atoms with Gasteiger partial charge in [-0.3, -0.25) is 9.79 Å². The van der Waals surface area contributed by atoms with Crippen molar-refractivity contribution in [2.45, 2.75) is 19.4 Å². The summed E-state index contributed by atoms with van der Waals surface area (Å²) < 4.78 is 10.7. The molecule has 1 N–H and O–H groups in total. The van der Waals surface area contributed by atoms with Crippen LogP contribution < -0.4 is 0 Å². The van der Waals surface area contributed by atoms with Gasteiger partial charge in [0.15, 0.2) is 0 Å². The molecule has 0 saturated carbocycles. The second kappa shape index (κ2) is 9.89. The molecule has 0 aromatic rings. The number of methoxy groups -OCH3 is 1. The molecule has 0 aromatic carbocycles. The van der Waals surface area contributed by atoms with Gasteiger partial charge >= 0.3 is 0 Å². The van der Waals surface area contributed by atoms with Crippen LogP contribution in [0.4, 0.5) is 0 Å². The number of ether oxygens (including phenoxy) is 2. The zero-order valence-electron chi connectivity index (χ0n) is 15.4. The molecule has 1 atom stereocenters. The highest BCUT2D eigenvalue weighted by molar-refractivity contribution is 5.79. The van der Waals surface area contributed by atoms with Gasteiger partial charge in [-0.2, -0.15) is 0 Å². The van der Waals surface area contributed by atoms with Gasteiger partial charge in [0.05, 0.1) is 19.3 Å². The Morgan fingerprint density at radius 3 is 3.12 bits per heavy atom. The third-order valence-corrected chi connectivity index (χ3v) is 4.30. The van der Waals surface area contributed by atoms with Crippen molar-refractivity contribution in [1.82, 2.24) is 4.90 Å². The molecule has 0 radical (unpaired) electrons. The van der Waals surface area contributed by atoms with Crippen molar-refractivity contribution in [2.24, 2.45) is 4.99 Å². The number of carbonyl (C=O) groups is 1. The van der Waals surface area contributed by atoms with E-state index < -0.39 is 0 Å². The van der Waals surface area contributed by atoms with Crippen LogP contribution in [0.3, 0.4) is 0 Å². The summed E-state index contributed by atoms with van der Waals surface area (Å²) >= 11 is 0. The summed E-state index contributed by atoms with van der Waals surface area (Å²) in [7, 11) is 1.62. The highest BCUT2D eigenvalue weighted by atomic mass is 16.5. The third-order valence-electron chi connectivity index (χ3n) is 4.30. The van der Waals surface area contributed by atoms with Gasteiger partial charge in [0, 0.05) is 32.5 Å². The minimum Gasteiger partial charge on any atom is -0.508 e. The van der Waals surface area contributed by atoms with Crippen LogP contribution in [0, 0.1) is 0 Å². The first kappa shape index (κ1) is 19.9. The van der Waals surface area contributed by atoms with Gasteiger partial charge in [0.2, 0.25) is 5.91 Å². The number of rotatable bonds is 7. The molecule has 0 aromatic heterocycles. The molecule has 2 rings (SSSR count). The largest absolute Gasteiger partial charge is 0.508 e. The molecule has 1 unspecified atom stereocenters. The lowest BCUT2D eigenvalue weighted by Gasteiger charge is -2.37. The van der Waals surface area contributed by atoms with Crippen molar-refractivity contribution in [3.63, 3.8) is 0 Å². The molecular weight excluding hydrogens is 332 g/mol. The number of hydrogen-bond acceptors (Lipinski definition) is 5. The normalized spacial score (nSPS) is 22.0. The second-order valence-electron chi connectivity index (χ2n) is 6.06. The van der Waals surface area contributed by atoms with Crippen LogP contribution in [0.15, 0.2) is 64.6 Å². The third kappa shape index (κ3) is 5.03. The Kier molecular flexibility index (Phi) is 7.56. The molecule has 140 valence electrons. The van der Waals surface area contributed by atoms with Crippen molar-refractivity contribution >= 4 is 12.1 Å². The lowest BCUT2D eigenvalue weighted by Crippen LogP contribution is -2.51. The summed E-state index contributed by atoms with van der Waals surface area (Å²) in [6.07, 6.45) is 10.8. The zero-order chi connectivity index (χ0) is 18.9. The molecule has 26 heavy (non-hydrogen) atoms. The number of amides is 1. The number of carbonyl (C=O) groups excluding carboxylic acids is 1. The maximum Gasteiger partial charge on any atom is 0.249 e. The predicted molar refractivity (Wildman–Crippen MR) is 102 cm³/mol. The molecule has 6 heteroatoms. The minimum atomic E-state index is -0.190. The summed E-state index contributed by atoms with van der Waals surface area (Å²) in [5.41, 5.74) is 2.85. The summed E-state index contributed by atoms with van der Waals surface area (Å²) in [4.78, 5) is 18.4. The minimum absolute atomic E-state index is 0.0497. The number of nitrogens with zero attached hydrogens (tertiary/aromatic N) is 2. The smallest absolute Gasteiger partial charge is 0.249 e. The first-order valence-electron chi connectivity index (χ1n) is 8.56. The van der Waals surface area contributed by atoms with Gasteiger partial charge in [-0.1, -0.05) is 12.7 Å². The van der Waals surface area contributed by atoms with Gasteiger partial charge in [0.1, 0.15) is 12.4 Å². The van der Waals surface area contributed by atoms with Crippen LogP contribution in [-0.4, -0.2) is 61.6 Å². The molecule has 1 saturated heterocycles. The number of hydrogen-bond donors (Lipinski definition) is 1. The lowest BCUT2D eigenvalue weighted by atomic mass is 9.92. The maximum absolute atomic E-state index is 12.4. The van der Waals surface area contributed by atoms with Gasteiger partial charge in [-0.05, 0) is 41.9 Å². The van der Waals surface area contributed by atoms with E-state index in [-0.39, 0.29) is 24.3 Å². The molecule has 2 aliphatic rings. The van der Waals surface area contributed by atoms with Crippen molar-refractivity contribution in [2.75, 3.05) is 33.5 Å². The quantitative estimate of drug-likeness (QED) is 0.561. The van der Waals surface area contributed by atoms with Crippen LogP contribution in [0.2, 0.25) is 0 Å². The van der Waals surface area contributed by atoms with Gasteiger partial charge in [-0.15, -0.1) is 0 Å². The Morgan fingerprint density at radius 2 is 2.38 bits per heavy atom. The van der Waals surface area contributed by atoms with E-state index in [0.717, 1.165) is 16.7 Å². The Balaban J connectivity index is 2.44. The van der Waals surface area contributed by atoms with E-state index in [1.807, 2.05) is 24.1 Å². The number of aliphatic hydroxyl groups is 1. The SMILES string of the molecule is C=C/C=C(O)\C=C(/C)C1=C(C2COCC(=O)N2CCOC)CC=NC=C1. The molecular formula is C20H26N2O4. The predicted octanol–water partition coefficient (Wildman–Crippen LogP) is 2.72. The average molecular weight is 358 g/mol. The van der Waals surface area contributed by atoms with E-state index in [1.54, 1.807) is 19.4 Å². The van der Waals surface area contributed by atoms with Crippen LogP contribution in [0.25, 0.3) is 0 Å². The van der Waals surface area contributed by atoms with Crippen LogP contribution in [-0.2, 0) is 14.3 Å². The fourth-order valence-corrected chi connectivity index (χ4v) is 3.08. The van der Waals surface area contributed by atoms with E-state index in [4.69, 9.17) is 9.47 Å². The van der Waals surface area contributed by atoms with Gasteiger partial charge < -0.3 is 19.5 Å². The van der Waals surface area contributed by atoms with Crippen molar-refractivity contribution in [3.05, 3.63) is 59.6 Å². The number of morpholine rings is 1. The van der Waals surface area contributed by atoms with E-state index in [2.05, 4.69) is 11.6 Å². The Hall–Kier alpha value is -2.44. The summed E-state index contributed by atoms with van der Waals surface area (Å²) in [6.45, 7) is 6.99. The number of aliphatic hydroxyl groups excluding tert-OH is 1. The molecule has 0 bridgehead atoms. The first-order chi connectivity index (χ1) is 12.6. The van der Waals surface area contributed by atoms with Crippen molar-refractivity contribution in [1.29, 1.82) is 0 Å². The standard InChI is InChI=1S/C20H26N2O4/c1-4-5-16(23)12-15(2)17-6-8-21-9-7-18(17)19-13-26-14-20(24)22(19)10-11-25-3/h4-6,8-9,12,19,23H,1,7,10-11,13-14H2,2-3H3/b15-12+,16-5+. The highest BCUT2D eigenvalue weighted by Gasteiger charge is 2.32. The van der Waals surface area contributed by atoms with Crippen LogP contribution >= 0.6 is 0 Å². The van der Waals surface area contributed by atoms with Crippen LogP contribution in [0.1, 0.15) is 13.3 Å². The van der Waals surface area contributed by atoms with Crippen molar-refractivity contribution < 1.29 is 19.4 Å². The van der Waals surface area contributed by atoms with E-state index in [1.165, 1.54) is 12.2 Å². The monoisotopic (exact) mass is 358 g/mol. The van der Waals surface area contributed by atoms with Crippen molar-refractivity contribution in [3.8, 4) is 0 Å². The van der Waals surface area contributed by atoms with Gasteiger partial charge in [-0.25, -0.2) is 0 Å². The van der Waals surface area contributed by atoms with E-state index in [9.17, 15) is 9.90 Å². The first-order valence-corrected chi connectivity index (χ1v) is 8.56. The average Bonchev–Trinajstić information content (AvgIpc) is 2.86. The molecule has 1 amide bonds. The molecule has 0 spiro atoms. The fourth-order valence-electron chi connectivity index (χ4n) is 3.08. The highest BCUT2D eigenvalue weighted by Crippen LogP contribution is 2.28. The summed E-state index contributed by atoms with van der Waals surface area (Å²) in [5, 5.41) is 9.96. The molecule has 2 aliphatic heterocycles. The Labute approximate surface area is 154 Å². The maximum atomic E-state index is 12.4. The molecule has 6 nitrogen and oxygen atoms in total. The summed E-state index contributed by atoms with van der Waals surface area (Å²) in [6, 6.07) is -0.190.